The molecule has 3 nitrogen and oxygen atoms in total. The second-order valence-electron chi connectivity index (χ2n) is 2.97. The van der Waals surface area contributed by atoms with E-state index in [2.05, 4.69) is 5.32 Å². The van der Waals surface area contributed by atoms with Crippen molar-refractivity contribution in [1.82, 2.24) is 0 Å². The number of benzene rings is 1. The topological polar surface area (TPSA) is 41.5 Å². The first-order chi connectivity index (χ1) is 7.19. The molecule has 1 aromatic carbocycles. The van der Waals surface area contributed by atoms with Gasteiger partial charge in [-0.2, -0.15) is 0 Å². The lowest BCUT2D eigenvalue weighted by Crippen LogP contribution is -2.05. The van der Waals surface area contributed by atoms with Gasteiger partial charge in [-0.25, -0.2) is 0 Å². The summed E-state index contributed by atoms with van der Waals surface area (Å²) in [5.74, 6) is 0.569. The average molecular weight is 250 g/mol. The van der Waals surface area contributed by atoms with E-state index in [1.807, 2.05) is 0 Å². The monoisotopic (exact) mass is 249 g/mol. The van der Waals surface area contributed by atoms with Crippen LogP contribution in [0.5, 0.6) is 5.75 Å². The van der Waals surface area contributed by atoms with Gasteiger partial charge in [-0.05, 0) is 18.6 Å². The third kappa shape index (κ3) is 3.45. The molecule has 0 spiro atoms. The maximum absolute atomic E-state index is 8.66. The van der Waals surface area contributed by atoms with Gasteiger partial charge in [0.05, 0.1) is 17.8 Å². The SMILES string of the molecule is COc1c(Cl)cc(Cl)cc1NCCCO. The van der Waals surface area contributed by atoms with E-state index < -0.39 is 0 Å². The van der Waals surface area contributed by atoms with Crippen LogP contribution in [0.3, 0.4) is 0 Å². The molecule has 0 aliphatic heterocycles. The Kier molecular flexibility index (Phi) is 5.02. The minimum atomic E-state index is 0.142. The zero-order valence-corrected chi connectivity index (χ0v) is 9.90. The lowest BCUT2D eigenvalue weighted by molar-refractivity contribution is 0.292. The van der Waals surface area contributed by atoms with Gasteiger partial charge in [0, 0.05) is 18.2 Å². The number of methoxy groups -OCH3 is 1. The van der Waals surface area contributed by atoms with Crippen molar-refractivity contribution in [3.63, 3.8) is 0 Å². The molecule has 0 aromatic heterocycles. The van der Waals surface area contributed by atoms with Crippen LogP contribution in [0.4, 0.5) is 5.69 Å². The van der Waals surface area contributed by atoms with E-state index >= 15 is 0 Å². The molecule has 0 fully saturated rings. The number of rotatable bonds is 5. The molecule has 84 valence electrons. The highest BCUT2D eigenvalue weighted by atomic mass is 35.5. The summed E-state index contributed by atoms with van der Waals surface area (Å²) in [5, 5.41) is 12.8. The molecule has 0 atom stereocenters. The van der Waals surface area contributed by atoms with Gasteiger partial charge in [-0.1, -0.05) is 23.2 Å². The second-order valence-corrected chi connectivity index (χ2v) is 3.82. The van der Waals surface area contributed by atoms with Gasteiger partial charge in [0.25, 0.3) is 0 Å². The van der Waals surface area contributed by atoms with Crippen LogP contribution in [-0.2, 0) is 0 Å². The Bertz CT molecular complexity index is 331. The van der Waals surface area contributed by atoms with Crippen LogP contribution < -0.4 is 10.1 Å². The highest BCUT2D eigenvalue weighted by Gasteiger charge is 2.08. The van der Waals surface area contributed by atoms with E-state index in [-0.39, 0.29) is 6.61 Å². The van der Waals surface area contributed by atoms with Crippen LogP contribution in [0.15, 0.2) is 12.1 Å². The number of anilines is 1. The smallest absolute Gasteiger partial charge is 0.160 e. The van der Waals surface area contributed by atoms with E-state index in [0.717, 1.165) is 5.69 Å². The quantitative estimate of drug-likeness (QED) is 0.789. The molecule has 0 bridgehead atoms. The molecule has 0 saturated heterocycles. The highest BCUT2D eigenvalue weighted by Crippen LogP contribution is 2.35. The Morgan fingerprint density at radius 3 is 2.73 bits per heavy atom. The lowest BCUT2D eigenvalue weighted by Gasteiger charge is -2.12. The maximum atomic E-state index is 8.66. The summed E-state index contributed by atoms with van der Waals surface area (Å²) in [6, 6.07) is 3.36. The van der Waals surface area contributed by atoms with Gasteiger partial charge in [-0.15, -0.1) is 0 Å². The Morgan fingerprint density at radius 2 is 2.13 bits per heavy atom. The van der Waals surface area contributed by atoms with E-state index in [1.165, 1.54) is 0 Å². The zero-order chi connectivity index (χ0) is 11.3. The van der Waals surface area contributed by atoms with Crippen molar-refractivity contribution in [1.29, 1.82) is 0 Å². The van der Waals surface area contributed by atoms with E-state index in [1.54, 1.807) is 19.2 Å². The van der Waals surface area contributed by atoms with Gasteiger partial charge < -0.3 is 15.2 Å². The molecule has 0 radical (unpaired) electrons. The molecule has 1 aromatic rings. The number of ether oxygens (including phenoxy) is 1. The summed E-state index contributed by atoms with van der Waals surface area (Å²) < 4.78 is 5.15. The standard InChI is InChI=1S/C10H13Cl2NO2/c1-15-10-8(12)5-7(11)6-9(10)13-3-2-4-14/h5-6,13-14H,2-4H2,1H3. The Labute approximate surface area is 99.0 Å². The molecule has 0 saturated carbocycles. The minimum Gasteiger partial charge on any atom is -0.493 e. The molecular formula is C10H13Cl2NO2. The summed E-state index contributed by atoms with van der Waals surface area (Å²) in [6.45, 7) is 0.785. The van der Waals surface area contributed by atoms with Crippen LogP contribution in [0.2, 0.25) is 10.0 Å². The van der Waals surface area contributed by atoms with Gasteiger partial charge >= 0.3 is 0 Å². The van der Waals surface area contributed by atoms with Crippen LogP contribution in [0.25, 0.3) is 0 Å². The van der Waals surface area contributed by atoms with Crippen molar-refractivity contribution in [2.75, 3.05) is 25.6 Å². The summed E-state index contributed by atoms with van der Waals surface area (Å²) in [4.78, 5) is 0. The largest absolute Gasteiger partial charge is 0.493 e. The third-order valence-electron chi connectivity index (χ3n) is 1.86. The highest BCUT2D eigenvalue weighted by molar-refractivity contribution is 6.36. The predicted molar refractivity (Wildman–Crippen MR) is 63.2 cm³/mol. The minimum absolute atomic E-state index is 0.142. The summed E-state index contributed by atoms with van der Waals surface area (Å²) in [6.07, 6.45) is 0.660. The maximum Gasteiger partial charge on any atom is 0.160 e. The van der Waals surface area contributed by atoms with Gasteiger partial charge in [0.1, 0.15) is 0 Å². The van der Waals surface area contributed by atoms with E-state index in [9.17, 15) is 0 Å². The zero-order valence-electron chi connectivity index (χ0n) is 8.39. The molecule has 2 N–H and O–H groups in total. The summed E-state index contributed by atoms with van der Waals surface area (Å²) >= 11 is 11.8. The van der Waals surface area contributed by atoms with Gasteiger partial charge in [0.2, 0.25) is 0 Å². The first-order valence-corrected chi connectivity index (χ1v) is 5.32. The third-order valence-corrected chi connectivity index (χ3v) is 2.36. The number of hydrogen-bond acceptors (Lipinski definition) is 3. The molecule has 0 unspecified atom stereocenters. The number of hydrogen-bond donors (Lipinski definition) is 2. The molecule has 5 heteroatoms. The van der Waals surface area contributed by atoms with E-state index in [0.29, 0.717) is 28.8 Å². The van der Waals surface area contributed by atoms with Crippen LogP contribution in [0, 0.1) is 0 Å². The first-order valence-electron chi connectivity index (χ1n) is 4.56. The average Bonchev–Trinajstić information content (AvgIpc) is 2.17. The van der Waals surface area contributed by atoms with Crippen LogP contribution in [0.1, 0.15) is 6.42 Å². The van der Waals surface area contributed by atoms with E-state index in [4.69, 9.17) is 33.0 Å². The Hall–Kier alpha value is -0.640. The van der Waals surface area contributed by atoms with Crippen molar-refractivity contribution >= 4 is 28.9 Å². The second kappa shape index (κ2) is 6.05. The van der Waals surface area contributed by atoms with Crippen molar-refractivity contribution in [3.05, 3.63) is 22.2 Å². The van der Waals surface area contributed by atoms with Gasteiger partial charge in [0.15, 0.2) is 5.75 Å². The van der Waals surface area contributed by atoms with Crippen molar-refractivity contribution in [3.8, 4) is 5.75 Å². The number of nitrogens with one attached hydrogen (secondary N) is 1. The predicted octanol–water partition coefficient (Wildman–Crippen LogP) is 2.80. The fraction of sp³-hybridized carbons (Fsp3) is 0.400. The van der Waals surface area contributed by atoms with Gasteiger partial charge in [-0.3, -0.25) is 0 Å². The molecular weight excluding hydrogens is 237 g/mol. The first kappa shape index (κ1) is 12.4. The van der Waals surface area contributed by atoms with Crippen molar-refractivity contribution < 1.29 is 9.84 Å². The normalized spacial score (nSPS) is 10.1. The van der Waals surface area contributed by atoms with Crippen LogP contribution in [-0.4, -0.2) is 25.4 Å². The van der Waals surface area contributed by atoms with Crippen LogP contribution >= 0.6 is 23.2 Å². The molecule has 0 amide bonds. The molecule has 0 aliphatic rings. The number of aliphatic hydroxyl groups is 1. The summed E-state index contributed by atoms with van der Waals surface area (Å²) in [5.41, 5.74) is 0.739. The molecule has 1 rings (SSSR count). The lowest BCUT2D eigenvalue weighted by atomic mass is 10.3. The number of aliphatic hydroxyl groups excluding tert-OH is 1. The Morgan fingerprint density at radius 1 is 1.40 bits per heavy atom. The fourth-order valence-corrected chi connectivity index (χ4v) is 1.77. The molecule has 0 aliphatic carbocycles. The van der Waals surface area contributed by atoms with Crippen molar-refractivity contribution in [2.24, 2.45) is 0 Å². The number of halogens is 2. The molecule has 0 heterocycles. The Balaban J connectivity index is 2.84. The van der Waals surface area contributed by atoms with Crippen molar-refractivity contribution in [2.45, 2.75) is 6.42 Å². The fourth-order valence-electron chi connectivity index (χ4n) is 1.20. The molecule has 15 heavy (non-hydrogen) atoms. The summed E-state index contributed by atoms with van der Waals surface area (Å²) in [7, 11) is 1.55.